The van der Waals surface area contributed by atoms with Gasteiger partial charge in [-0.3, -0.25) is 29.0 Å². The average Bonchev–Trinajstić information content (AvgIpc) is 3.19. The number of aromatic nitrogens is 2. The van der Waals surface area contributed by atoms with Gasteiger partial charge in [-0.1, -0.05) is 0 Å². The summed E-state index contributed by atoms with van der Waals surface area (Å²) in [6, 6.07) is 3.87. The Labute approximate surface area is 210 Å². The van der Waals surface area contributed by atoms with Gasteiger partial charge in [0, 0.05) is 32.4 Å². The van der Waals surface area contributed by atoms with Crippen LogP contribution in [0.3, 0.4) is 0 Å². The van der Waals surface area contributed by atoms with Crippen molar-refractivity contribution in [2.24, 2.45) is 0 Å². The zero-order chi connectivity index (χ0) is 28.2. The van der Waals surface area contributed by atoms with Crippen molar-refractivity contribution in [2.75, 3.05) is 29.8 Å². The lowest BCUT2D eigenvalue weighted by molar-refractivity contribution is -0.242. The van der Waals surface area contributed by atoms with Gasteiger partial charge in [0.15, 0.2) is 4.90 Å². The topological polar surface area (TPSA) is 152 Å². The second kappa shape index (κ2) is 11.1. The van der Waals surface area contributed by atoms with Gasteiger partial charge in [0.05, 0.1) is 12.2 Å². The number of hydrogen-bond donors (Lipinski definition) is 3. The third-order valence-corrected chi connectivity index (χ3v) is 6.87. The van der Waals surface area contributed by atoms with E-state index in [1.807, 2.05) is 0 Å². The number of carbonyl (C=O) groups is 2. The maximum absolute atomic E-state index is 13.1. The first-order valence-corrected chi connectivity index (χ1v) is 12.3. The molecule has 0 radical (unpaired) electrons. The molecule has 0 unspecified atom stereocenters. The summed E-state index contributed by atoms with van der Waals surface area (Å²) in [6.45, 7) is 4.81. The lowest BCUT2D eigenvalue weighted by Gasteiger charge is -2.30. The standard InChI is InChI=1S/C18H21F3N4O6S.C3H7NO/c1-4-24-10-14(15(26)23-24)32(28,29)25-7-8-30-13-6-5-11(9-12(13)25)22-16(27)31-17(2,3)18(19,20)21;1-3(5)4-2/h5-6,9-10H,4,7-8H2,1-3H3,(H,22,27)(H,23,26);1-2H3,(H,4,5). The summed E-state index contributed by atoms with van der Waals surface area (Å²) >= 11 is 0. The van der Waals surface area contributed by atoms with Crippen LogP contribution in [-0.4, -0.2) is 62.2 Å². The minimum absolute atomic E-state index is 0.00463. The van der Waals surface area contributed by atoms with E-state index < -0.39 is 38.3 Å². The minimum atomic E-state index is -4.79. The van der Waals surface area contributed by atoms with Crippen LogP contribution in [0.5, 0.6) is 5.75 Å². The van der Waals surface area contributed by atoms with Crippen molar-refractivity contribution in [2.45, 2.75) is 50.9 Å². The molecule has 16 heteroatoms. The number of nitrogens with one attached hydrogen (secondary N) is 3. The smallest absolute Gasteiger partial charge is 0.427 e. The van der Waals surface area contributed by atoms with Gasteiger partial charge in [-0.05, 0) is 39.0 Å². The molecule has 2 amide bonds. The second-order valence-electron chi connectivity index (χ2n) is 8.16. The Balaban J connectivity index is 0.000000877. The van der Waals surface area contributed by atoms with Crippen molar-refractivity contribution in [3.63, 3.8) is 0 Å². The largest absolute Gasteiger partial charge is 0.489 e. The van der Waals surface area contributed by atoms with Gasteiger partial charge in [0.1, 0.15) is 12.4 Å². The number of carbonyl (C=O) groups excluding carboxylic acids is 2. The molecule has 2 aromatic rings. The van der Waals surface area contributed by atoms with Crippen molar-refractivity contribution in [3.8, 4) is 5.75 Å². The summed E-state index contributed by atoms with van der Waals surface area (Å²) in [5.41, 5.74) is -3.56. The van der Waals surface area contributed by atoms with Gasteiger partial charge in [-0.2, -0.15) is 13.2 Å². The molecule has 2 heterocycles. The average molecular weight is 552 g/mol. The maximum atomic E-state index is 13.1. The number of halogens is 3. The van der Waals surface area contributed by atoms with E-state index in [-0.39, 0.29) is 36.2 Å². The van der Waals surface area contributed by atoms with Gasteiger partial charge in [0.25, 0.3) is 15.6 Å². The van der Waals surface area contributed by atoms with E-state index in [9.17, 15) is 36.0 Å². The van der Waals surface area contributed by atoms with Crippen LogP contribution in [0.4, 0.5) is 29.3 Å². The van der Waals surface area contributed by atoms with E-state index in [0.717, 1.165) is 4.31 Å². The lowest BCUT2D eigenvalue weighted by atomic mass is 10.1. The fourth-order valence-corrected chi connectivity index (χ4v) is 4.34. The van der Waals surface area contributed by atoms with E-state index in [2.05, 4.69) is 20.5 Å². The van der Waals surface area contributed by atoms with Crippen molar-refractivity contribution >= 4 is 33.4 Å². The number of sulfonamides is 1. The molecule has 206 valence electrons. The summed E-state index contributed by atoms with van der Waals surface area (Å²) in [4.78, 5) is 33.4. The number of amides is 2. The number of rotatable bonds is 5. The third kappa shape index (κ3) is 6.96. The molecule has 0 atom stereocenters. The second-order valence-corrected chi connectivity index (χ2v) is 9.99. The van der Waals surface area contributed by atoms with Crippen molar-refractivity contribution in [1.82, 2.24) is 15.1 Å². The molecule has 3 N–H and O–H groups in total. The number of H-pyrrole nitrogens is 1. The Morgan fingerprint density at radius 2 is 1.86 bits per heavy atom. The molecule has 1 aromatic carbocycles. The summed E-state index contributed by atoms with van der Waals surface area (Å²) in [5.74, 6) is 0.158. The van der Waals surface area contributed by atoms with Gasteiger partial charge < -0.3 is 14.8 Å². The Morgan fingerprint density at radius 3 is 2.38 bits per heavy atom. The number of benzene rings is 1. The molecule has 1 aliphatic rings. The number of aryl methyl sites for hydroxylation is 1. The van der Waals surface area contributed by atoms with Crippen molar-refractivity contribution in [1.29, 1.82) is 0 Å². The first kappa shape index (κ1) is 29.5. The molecular weight excluding hydrogens is 523 g/mol. The molecule has 37 heavy (non-hydrogen) atoms. The fourth-order valence-electron chi connectivity index (χ4n) is 2.84. The van der Waals surface area contributed by atoms with Crippen LogP contribution in [-0.2, 0) is 26.1 Å². The number of nitrogens with zero attached hydrogens (tertiary/aromatic N) is 2. The number of aromatic amines is 1. The Morgan fingerprint density at radius 1 is 1.24 bits per heavy atom. The van der Waals surface area contributed by atoms with Gasteiger partial charge in [0.2, 0.25) is 11.5 Å². The number of hydrogen-bond acceptors (Lipinski definition) is 7. The Hall–Kier alpha value is -3.69. The van der Waals surface area contributed by atoms with Crippen LogP contribution in [0.2, 0.25) is 0 Å². The molecule has 0 fully saturated rings. The number of alkyl halides is 3. The maximum Gasteiger partial charge on any atom is 0.427 e. The zero-order valence-electron chi connectivity index (χ0n) is 20.7. The zero-order valence-corrected chi connectivity index (χ0v) is 21.5. The van der Waals surface area contributed by atoms with Crippen LogP contribution < -0.4 is 25.2 Å². The lowest BCUT2D eigenvalue weighted by Crippen LogP contribution is -2.44. The van der Waals surface area contributed by atoms with Crippen LogP contribution >= 0.6 is 0 Å². The predicted octanol–water partition coefficient (Wildman–Crippen LogP) is 2.43. The highest BCUT2D eigenvalue weighted by molar-refractivity contribution is 7.92. The molecule has 12 nitrogen and oxygen atoms in total. The monoisotopic (exact) mass is 551 g/mol. The number of fused-ring (bicyclic) bond motifs is 1. The van der Waals surface area contributed by atoms with Crippen LogP contribution in [0.25, 0.3) is 0 Å². The van der Waals surface area contributed by atoms with Gasteiger partial charge in [-0.25, -0.2) is 13.2 Å². The number of ether oxygens (including phenoxy) is 2. The molecule has 0 saturated carbocycles. The molecule has 0 spiro atoms. The van der Waals surface area contributed by atoms with E-state index in [0.29, 0.717) is 20.4 Å². The van der Waals surface area contributed by atoms with E-state index in [1.165, 1.54) is 36.0 Å². The quantitative estimate of drug-likeness (QED) is 0.516. The van der Waals surface area contributed by atoms with Crippen LogP contribution in [0, 0.1) is 0 Å². The minimum Gasteiger partial charge on any atom is -0.489 e. The van der Waals surface area contributed by atoms with Gasteiger partial charge >= 0.3 is 12.3 Å². The van der Waals surface area contributed by atoms with Gasteiger partial charge in [-0.15, -0.1) is 0 Å². The third-order valence-electron chi connectivity index (χ3n) is 5.06. The predicted molar refractivity (Wildman–Crippen MR) is 127 cm³/mol. The van der Waals surface area contributed by atoms with E-state index in [4.69, 9.17) is 4.74 Å². The Kier molecular flexibility index (Phi) is 8.90. The van der Waals surface area contributed by atoms with Crippen molar-refractivity contribution < 1.29 is 40.7 Å². The molecular formula is C21H28F3N5O7S. The SMILES string of the molecule is CCn1cc(S(=O)(=O)N2CCOc3ccc(NC(=O)OC(C)(C)C(F)(F)F)cc32)c(=O)[nH]1.CNC(C)=O. The van der Waals surface area contributed by atoms with Crippen molar-refractivity contribution in [3.05, 3.63) is 34.7 Å². The highest BCUT2D eigenvalue weighted by Gasteiger charge is 2.51. The fraction of sp³-hybridized carbons (Fsp3) is 0.476. The van der Waals surface area contributed by atoms with Crippen LogP contribution in [0.1, 0.15) is 27.7 Å². The van der Waals surface area contributed by atoms with E-state index >= 15 is 0 Å². The highest BCUT2D eigenvalue weighted by atomic mass is 32.2. The highest BCUT2D eigenvalue weighted by Crippen LogP contribution is 2.37. The molecule has 0 saturated heterocycles. The molecule has 0 aliphatic carbocycles. The summed E-state index contributed by atoms with van der Waals surface area (Å²) in [5, 5.41) is 6.93. The Bertz CT molecular complexity index is 1300. The molecule has 0 bridgehead atoms. The first-order chi connectivity index (χ1) is 17.0. The molecule has 1 aliphatic heterocycles. The molecule has 1 aromatic heterocycles. The first-order valence-electron chi connectivity index (χ1n) is 10.9. The summed E-state index contributed by atoms with van der Waals surface area (Å²) in [7, 11) is -2.69. The van der Waals surface area contributed by atoms with Crippen LogP contribution in [0.15, 0.2) is 34.1 Å². The normalized spacial score (nSPS) is 13.5. The summed E-state index contributed by atoms with van der Waals surface area (Å²) in [6.07, 6.45) is -5.00. The number of anilines is 2. The molecule has 3 rings (SSSR count). The van der Waals surface area contributed by atoms with E-state index in [1.54, 1.807) is 14.0 Å². The summed E-state index contributed by atoms with van der Waals surface area (Å²) < 4.78 is 77.2.